The summed E-state index contributed by atoms with van der Waals surface area (Å²) in [6, 6.07) is 8.74. The molecule has 5 aromatic rings. The van der Waals surface area contributed by atoms with Crippen molar-refractivity contribution in [1.29, 1.82) is 0 Å². The van der Waals surface area contributed by atoms with Gasteiger partial charge >= 0.3 is 6.18 Å². The third-order valence-corrected chi connectivity index (χ3v) is 6.44. The molecule has 1 fully saturated rings. The van der Waals surface area contributed by atoms with E-state index >= 15 is 0 Å². The number of imidazole rings is 1. The van der Waals surface area contributed by atoms with Crippen LogP contribution in [0.3, 0.4) is 0 Å². The Balaban J connectivity index is 1.30. The van der Waals surface area contributed by atoms with E-state index in [0.29, 0.717) is 45.6 Å². The maximum absolute atomic E-state index is 13.1. The van der Waals surface area contributed by atoms with Gasteiger partial charge in [0, 0.05) is 30.8 Å². The SMILES string of the molecule is COc1ncnc(C2CC2)c1-c1nc(OCc2ccc(-c3nc(C(F)(F)F)cn3C)cc2)c2oc(C)cc2n1. The van der Waals surface area contributed by atoms with Crippen molar-refractivity contribution in [3.8, 4) is 34.5 Å². The van der Waals surface area contributed by atoms with Crippen molar-refractivity contribution >= 4 is 11.1 Å². The molecule has 6 rings (SSSR count). The van der Waals surface area contributed by atoms with Crippen molar-refractivity contribution in [1.82, 2.24) is 29.5 Å². The monoisotopic (exact) mass is 536 g/mol. The molecule has 200 valence electrons. The first-order valence-electron chi connectivity index (χ1n) is 12.2. The number of hydrogen-bond donors (Lipinski definition) is 0. The first-order valence-corrected chi connectivity index (χ1v) is 12.2. The average Bonchev–Trinajstić information content (AvgIpc) is 3.58. The predicted molar refractivity (Wildman–Crippen MR) is 134 cm³/mol. The van der Waals surface area contributed by atoms with Crippen LogP contribution in [0.25, 0.3) is 33.9 Å². The largest absolute Gasteiger partial charge is 0.480 e. The number of fused-ring (bicyclic) bond motifs is 1. The van der Waals surface area contributed by atoms with Gasteiger partial charge in [-0.1, -0.05) is 24.3 Å². The summed E-state index contributed by atoms with van der Waals surface area (Å²) in [5.74, 6) is 2.18. The van der Waals surface area contributed by atoms with Crippen molar-refractivity contribution in [3.05, 3.63) is 65.6 Å². The molecule has 0 unspecified atom stereocenters. The molecule has 39 heavy (non-hydrogen) atoms. The van der Waals surface area contributed by atoms with Crippen molar-refractivity contribution in [3.63, 3.8) is 0 Å². The van der Waals surface area contributed by atoms with Gasteiger partial charge < -0.3 is 18.5 Å². The number of rotatable bonds is 7. The van der Waals surface area contributed by atoms with E-state index in [0.717, 1.165) is 30.3 Å². The van der Waals surface area contributed by atoms with Crippen LogP contribution in [0.4, 0.5) is 13.2 Å². The summed E-state index contributed by atoms with van der Waals surface area (Å²) in [6.45, 7) is 1.95. The summed E-state index contributed by atoms with van der Waals surface area (Å²) < 4.78 is 58.0. The maximum Gasteiger partial charge on any atom is 0.434 e. The molecule has 4 heterocycles. The summed E-state index contributed by atoms with van der Waals surface area (Å²) >= 11 is 0. The summed E-state index contributed by atoms with van der Waals surface area (Å²) in [5, 5.41) is 0. The number of halogens is 3. The van der Waals surface area contributed by atoms with Gasteiger partial charge in [0.1, 0.15) is 35.6 Å². The van der Waals surface area contributed by atoms with Gasteiger partial charge in [-0.25, -0.2) is 19.9 Å². The molecule has 0 aliphatic heterocycles. The number of hydrogen-bond acceptors (Lipinski definition) is 8. The first-order chi connectivity index (χ1) is 18.7. The van der Waals surface area contributed by atoms with E-state index in [1.807, 2.05) is 6.92 Å². The number of furan rings is 1. The lowest BCUT2D eigenvalue weighted by atomic mass is 10.1. The van der Waals surface area contributed by atoms with Crippen LogP contribution in [0.15, 0.2) is 47.3 Å². The third kappa shape index (κ3) is 4.77. The number of aromatic nitrogens is 6. The second kappa shape index (κ2) is 9.37. The fourth-order valence-corrected chi connectivity index (χ4v) is 4.42. The fraction of sp³-hybridized carbons (Fsp3) is 0.296. The zero-order valence-corrected chi connectivity index (χ0v) is 21.3. The smallest absolute Gasteiger partial charge is 0.434 e. The van der Waals surface area contributed by atoms with Gasteiger partial charge in [-0.3, -0.25) is 0 Å². The van der Waals surface area contributed by atoms with Gasteiger partial charge in [0.15, 0.2) is 11.5 Å². The summed E-state index contributed by atoms with van der Waals surface area (Å²) in [6.07, 6.45) is -0.0146. The van der Waals surface area contributed by atoms with Crippen LogP contribution in [0.5, 0.6) is 11.8 Å². The summed E-state index contributed by atoms with van der Waals surface area (Å²) in [4.78, 5) is 21.9. The molecular weight excluding hydrogens is 513 g/mol. The highest BCUT2D eigenvalue weighted by Gasteiger charge is 2.35. The zero-order chi connectivity index (χ0) is 27.3. The molecule has 1 saturated carbocycles. The van der Waals surface area contributed by atoms with Crippen molar-refractivity contribution in [2.45, 2.75) is 38.5 Å². The summed E-state index contributed by atoms with van der Waals surface area (Å²) in [5.41, 5.74) is 2.84. The number of benzene rings is 1. The minimum absolute atomic E-state index is 0.137. The van der Waals surface area contributed by atoms with Crippen LogP contribution in [0.1, 0.15) is 41.5 Å². The first kappa shape index (κ1) is 24.8. The highest BCUT2D eigenvalue weighted by atomic mass is 19.4. The second-order valence-corrected chi connectivity index (χ2v) is 9.39. The minimum atomic E-state index is -4.51. The third-order valence-electron chi connectivity index (χ3n) is 6.44. The Morgan fingerprint density at radius 3 is 2.49 bits per heavy atom. The lowest BCUT2D eigenvalue weighted by Gasteiger charge is -2.12. The number of alkyl halides is 3. The van der Waals surface area contributed by atoms with Gasteiger partial charge in [0.05, 0.1) is 12.8 Å². The Labute approximate surface area is 220 Å². The Kier molecular flexibility index (Phi) is 5.96. The molecule has 4 aromatic heterocycles. The Hall–Kier alpha value is -4.48. The molecule has 12 heteroatoms. The average molecular weight is 537 g/mol. The molecule has 0 spiro atoms. The zero-order valence-electron chi connectivity index (χ0n) is 21.3. The number of aryl methyl sites for hydroxylation is 2. The highest BCUT2D eigenvalue weighted by molar-refractivity contribution is 5.81. The van der Waals surface area contributed by atoms with E-state index < -0.39 is 11.9 Å². The second-order valence-electron chi connectivity index (χ2n) is 9.39. The van der Waals surface area contributed by atoms with Gasteiger partial charge in [0.2, 0.25) is 11.5 Å². The van der Waals surface area contributed by atoms with Crippen LogP contribution in [-0.4, -0.2) is 36.6 Å². The number of methoxy groups -OCH3 is 1. The van der Waals surface area contributed by atoms with Gasteiger partial charge in [-0.05, 0) is 25.3 Å². The van der Waals surface area contributed by atoms with Crippen LogP contribution in [0, 0.1) is 6.92 Å². The van der Waals surface area contributed by atoms with Crippen molar-refractivity contribution in [2.24, 2.45) is 7.05 Å². The Bertz CT molecular complexity index is 1670. The lowest BCUT2D eigenvalue weighted by Crippen LogP contribution is -2.05. The van der Waals surface area contributed by atoms with Crippen LogP contribution >= 0.6 is 0 Å². The highest BCUT2D eigenvalue weighted by Crippen LogP contribution is 2.45. The van der Waals surface area contributed by atoms with Crippen LogP contribution in [-0.2, 0) is 19.8 Å². The Morgan fingerprint density at radius 2 is 1.82 bits per heavy atom. The number of nitrogens with zero attached hydrogens (tertiary/aromatic N) is 6. The molecule has 0 atom stereocenters. The maximum atomic E-state index is 13.1. The lowest BCUT2D eigenvalue weighted by molar-refractivity contribution is -0.140. The van der Waals surface area contributed by atoms with Gasteiger partial charge in [-0.15, -0.1) is 0 Å². The fourth-order valence-electron chi connectivity index (χ4n) is 4.42. The minimum Gasteiger partial charge on any atom is -0.480 e. The van der Waals surface area contributed by atoms with E-state index in [2.05, 4.69) is 19.9 Å². The van der Waals surface area contributed by atoms with E-state index in [9.17, 15) is 13.2 Å². The Morgan fingerprint density at radius 1 is 1.05 bits per heavy atom. The van der Waals surface area contributed by atoms with Crippen molar-refractivity contribution < 1.29 is 27.1 Å². The molecule has 1 aliphatic rings. The topological polar surface area (TPSA) is 101 Å². The van der Waals surface area contributed by atoms with Crippen molar-refractivity contribution in [2.75, 3.05) is 7.11 Å². The molecule has 0 bridgehead atoms. The van der Waals surface area contributed by atoms with Crippen LogP contribution in [0.2, 0.25) is 0 Å². The van der Waals surface area contributed by atoms with Gasteiger partial charge in [-0.2, -0.15) is 18.2 Å². The molecule has 0 amide bonds. The van der Waals surface area contributed by atoms with Gasteiger partial charge in [0.25, 0.3) is 5.88 Å². The molecule has 9 nitrogen and oxygen atoms in total. The van der Waals surface area contributed by atoms with E-state index in [4.69, 9.17) is 18.9 Å². The normalized spacial score (nSPS) is 13.7. The molecule has 0 N–H and O–H groups in total. The molecular formula is C27H23F3N6O3. The standard InChI is InChI=1S/C27H23F3N6O3/c1-14-10-18-22(39-14)26(35-23(33-18)20-21(16-8-9-16)31-13-32-25(20)37-3)38-12-15-4-6-17(7-5-15)24-34-19(11-36(24)2)27(28,29)30/h4-7,10-11,13,16H,8-9,12H2,1-3H3. The van der Waals surface area contributed by atoms with E-state index in [1.54, 1.807) is 37.4 Å². The van der Waals surface area contributed by atoms with Crippen LogP contribution < -0.4 is 9.47 Å². The predicted octanol–water partition coefficient (Wildman–Crippen LogP) is 5.87. The summed E-state index contributed by atoms with van der Waals surface area (Å²) in [7, 11) is 3.07. The van der Waals surface area contributed by atoms with E-state index in [-0.39, 0.29) is 18.3 Å². The van der Waals surface area contributed by atoms with E-state index in [1.165, 1.54) is 17.9 Å². The quantitative estimate of drug-likeness (QED) is 0.255. The number of ether oxygens (including phenoxy) is 2. The molecule has 1 aliphatic carbocycles. The molecule has 0 radical (unpaired) electrons. The molecule has 1 aromatic carbocycles. The molecule has 0 saturated heterocycles.